The van der Waals surface area contributed by atoms with Gasteiger partial charge in [0.2, 0.25) is 0 Å². The quantitative estimate of drug-likeness (QED) is 0.553. The van der Waals surface area contributed by atoms with Crippen LogP contribution >= 0.6 is 0 Å². The van der Waals surface area contributed by atoms with Crippen molar-refractivity contribution < 1.29 is 57.8 Å². The lowest BCUT2D eigenvalue weighted by molar-refractivity contribution is -0.423. The molecule has 0 bridgehead atoms. The van der Waals surface area contributed by atoms with Gasteiger partial charge in [0.05, 0.1) is 0 Å². The van der Waals surface area contributed by atoms with Crippen molar-refractivity contribution in [2.75, 3.05) is 6.61 Å². The Labute approximate surface area is 102 Å². The average Bonchev–Trinajstić information content (AvgIpc) is 2.24. The first-order valence-electron chi connectivity index (χ1n) is 4.19. The first-order chi connectivity index (χ1) is 8.56. The van der Waals surface area contributed by atoms with E-state index >= 15 is 0 Å². The molecule has 120 valence electrons. The number of carbonyl (C=O) groups is 1. The van der Waals surface area contributed by atoms with Crippen LogP contribution in [0, 0.1) is 0 Å². The van der Waals surface area contributed by atoms with E-state index in [1.165, 1.54) is 0 Å². The summed E-state index contributed by atoms with van der Waals surface area (Å²) in [6, 6.07) is 0. The number of ether oxygens (including phenoxy) is 1. The molecule has 0 heterocycles. The van der Waals surface area contributed by atoms with E-state index in [1.807, 2.05) is 0 Å². The number of carbonyl (C=O) groups excluding carboxylic acids is 1. The number of hydrogen-bond donors (Lipinski definition) is 0. The van der Waals surface area contributed by atoms with Crippen LogP contribution in [0.5, 0.6) is 0 Å². The summed E-state index contributed by atoms with van der Waals surface area (Å²) in [6.45, 7) is -3.73. The summed E-state index contributed by atoms with van der Waals surface area (Å²) < 4.78 is 138. The molecule has 0 N–H and O–H groups in total. The zero-order valence-electron chi connectivity index (χ0n) is 8.76. The first-order valence-corrected chi connectivity index (χ1v) is 4.19. The van der Waals surface area contributed by atoms with E-state index in [1.54, 1.807) is 0 Å². The van der Waals surface area contributed by atoms with Gasteiger partial charge in [-0.3, -0.25) is 4.79 Å². The van der Waals surface area contributed by atoms with E-state index in [0.29, 0.717) is 0 Å². The van der Waals surface area contributed by atoms with Crippen molar-refractivity contribution >= 4 is 6.47 Å². The third-order valence-electron chi connectivity index (χ3n) is 1.94. The normalized spacial score (nSPS) is 15.2. The fourth-order valence-electron chi connectivity index (χ4n) is 0.834. The minimum atomic E-state index is -7.48. The predicted molar refractivity (Wildman–Crippen MR) is 37.9 cm³/mol. The molecule has 0 unspecified atom stereocenters. The van der Waals surface area contributed by atoms with E-state index in [-0.39, 0.29) is 0 Å². The third-order valence-corrected chi connectivity index (χ3v) is 1.94. The van der Waals surface area contributed by atoms with Crippen LogP contribution in [0.2, 0.25) is 0 Å². The second-order valence-corrected chi connectivity index (χ2v) is 3.33. The van der Waals surface area contributed by atoms with E-state index in [0.717, 1.165) is 0 Å². The van der Waals surface area contributed by atoms with Gasteiger partial charge in [0.15, 0.2) is 6.61 Å². The topological polar surface area (TPSA) is 26.3 Å². The molecule has 0 spiro atoms. The molecule has 0 saturated heterocycles. The van der Waals surface area contributed by atoms with Gasteiger partial charge in [-0.15, -0.1) is 0 Å². The van der Waals surface area contributed by atoms with Gasteiger partial charge in [-0.1, -0.05) is 0 Å². The lowest BCUT2D eigenvalue weighted by Crippen LogP contribution is -2.67. The number of halogens is 11. The van der Waals surface area contributed by atoms with Gasteiger partial charge in [0.25, 0.3) is 6.47 Å². The molecule has 2 nitrogen and oxygen atoms in total. The molecule has 20 heavy (non-hydrogen) atoms. The van der Waals surface area contributed by atoms with Crippen LogP contribution in [-0.2, 0) is 9.53 Å². The summed E-state index contributed by atoms with van der Waals surface area (Å²) in [6.07, 6.45) is -7.21. The van der Waals surface area contributed by atoms with Crippen molar-refractivity contribution in [2.24, 2.45) is 0 Å². The summed E-state index contributed by atoms with van der Waals surface area (Å²) >= 11 is 0. The van der Waals surface area contributed by atoms with Crippen LogP contribution in [0.25, 0.3) is 0 Å². The average molecular weight is 328 g/mol. The van der Waals surface area contributed by atoms with Crippen LogP contribution in [0.4, 0.5) is 48.3 Å². The van der Waals surface area contributed by atoms with Crippen molar-refractivity contribution in [3.8, 4) is 0 Å². The Morgan fingerprint density at radius 1 is 0.700 bits per heavy atom. The molecule has 0 aliphatic rings. The zero-order valence-corrected chi connectivity index (χ0v) is 8.76. The Balaban J connectivity index is 5.73. The van der Waals surface area contributed by atoms with Crippen molar-refractivity contribution in [3.05, 3.63) is 0 Å². The predicted octanol–water partition coefficient (Wildman–Crippen LogP) is 3.26. The zero-order chi connectivity index (χ0) is 16.6. The Kier molecular flexibility index (Phi) is 4.59. The van der Waals surface area contributed by atoms with E-state index < -0.39 is 42.9 Å². The maximum Gasteiger partial charge on any atom is 0.460 e. The molecule has 0 atom stereocenters. The van der Waals surface area contributed by atoms with E-state index in [4.69, 9.17) is 0 Å². The van der Waals surface area contributed by atoms with Gasteiger partial charge < -0.3 is 4.74 Å². The molecular formula is C7H3F11O2. The molecule has 0 aromatic carbocycles. The first kappa shape index (κ1) is 18.7. The minimum Gasteiger partial charge on any atom is -0.461 e. The molecule has 13 heteroatoms. The number of hydrogen-bond acceptors (Lipinski definition) is 2. The van der Waals surface area contributed by atoms with E-state index in [9.17, 15) is 53.1 Å². The maximum absolute atomic E-state index is 12.7. The second kappa shape index (κ2) is 4.91. The SMILES string of the molecule is O=COCC(F)(F)C(F)(F)C(F)(F)C(F)(F)C(F)(F)F. The molecular weight excluding hydrogens is 325 g/mol. The van der Waals surface area contributed by atoms with Crippen LogP contribution in [0.15, 0.2) is 0 Å². The molecule has 0 radical (unpaired) electrons. The van der Waals surface area contributed by atoms with Gasteiger partial charge in [-0.2, -0.15) is 48.3 Å². The summed E-state index contributed by atoms with van der Waals surface area (Å²) in [7, 11) is 0. The van der Waals surface area contributed by atoms with Crippen LogP contribution < -0.4 is 0 Å². The fourth-order valence-corrected chi connectivity index (χ4v) is 0.834. The van der Waals surface area contributed by atoms with Gasteiger partial charge in [0.1, 0.15) is 0 Å². The largest absolute Gasteiger partial charge is 0.461 e. The molecule has 0 aliphatic carbocycles. The molecule has 0 amide bonds. The molecule has 0 saturated carbocycles. The molecule has 0 aromatic heterocycles. The Hall–Kier alpha value is -1.30. The Morgan fingerprint density at radius 3 is 1.40 bits per heavy atom. The molecule has 0 rings (SSSR count). The highest BCUT2D eigenvalue weighted by atomic mass is 19.4. The van der Waals surface area contributed by atoms with Crippen LogP contribution in [0.1, 0.15) is 0 Å². The van der Waals surface area contributed by atoms with Gasteiger partial charge in [-0.05, 0) is 0 Å². The smallest absolute Gasteiger partial charge is 0.460 e. The monoisotopic (exact) mass is 328 g/mol. The maximum atomic E-state index is 12.7. The van der Waals surface area contributed by atoms with Crippen molar-refractivity contribution in [1.29, 1.82) is 0 Å². The van der Waals surface area contributed by atoms with Gasteiger partial charge >= 0.3 is 29.9 Å². The van der Waals surface area contributed by atoms with Gasteiger partial charge in [0, 0.05) is 0 Å². The van der Waals surface area contributed by atoms with Crippen molar-refractivity contribution in [1.82, 2.24) is 0 Å². The molecule has 0 aromatic rings. The lowest BCUT2D eigenvalue weighted by atomic mass is 9.98. The van der Waals surface area contributed by atoms with E-state index in [2.05, 4.69) is 4.74 Å². The summed E-state index contributed by atoms with van der Waals surface area (Å²) in [4.78, 5) is 9.47. The lowest BCUT2D eigenvalue weighted by Gasteiger charge is -2.36. The van der Waals surface area contributed by atoms with Crippen LogP contribution in [0.3, 0.4) is 0 Å². The molecule has 0 aliphatic heterocycles. The summed E-state index contributed by atoms with van der Waals surface area (Å²) in [5, 5.41) is 0. The second-order valence-electron chi connectivity index (χ2n) is 3.33. The Bertz CT molecular complexity index is 358. The molecule has 0 fully saturated rings. The highest BCUT2D eigenvalue weighted by molar-refractivity contribution is 5.37. The highest BCUT2D eigenvalue weighted by Gasteiger charge is 2.87. The van der Waals surface area contributed by atoms with Crippen LogP contribution in [-0.4, -0.2) is 42.9 Å². The van der Waals surface area contributed by atoms with Gasteiger partial charge in [-0.25, -0.2) is 0 Å². The fraction of sp³-hybridized carbons (Fsp3) is 0.857. The highest BCUT2D eigenvalue weighted by Crippen LogP contribution is 2.57. The van der Waals surface area contributed by atoms with Crippen molar-refractivity contribution in [3.63, 3.8) is 0 Å². The summed E-state index contributed by atoms with van der Waals surface area (Å²) in [5.74, 6) is -28.2. The number of rotatable bonds is 6. The van der Waals surface area contributed by atoms with Crippen molar-refractivity contribution in [2.45, 2.75) is 29.9 Å². The Morgan fingerprint density at radius 2 is 1.10 bits per heavy atom. The minimum absolute atomic E-state index is 0.913. The standard InChI is InChI=1S/C7H3F11O2/c8-3(9,1-20-2-19)4(10,11)5(12,13)6(14,15)7(16,17)18/h2H,1H2. The summed E-state index contributed by atoms with van der Waals surface area (Å²) in [5.41, 5.74) is 0. The number of alkyl halides is 11. The third kappa shape index (κ3) is 2.61.